The zero-order valence-electron chi connectivity index (χ0n) is 15.4. The van der Waals surface area contributed by atoms with Gasteiger partial charge < -0.3 is 4.98 Å². The summed E-state index contributed by atoms with van der Waals surface area (Å²) >= 11 is 0. The van der Waals surface area contributed by atoms with Crippen molar-refractivity contribution in [3.8, 4) is 6.07 Å². The Balaban J connectivity index is 2.04. The van der Waals surface area contributed by atoms with Crippen LogP contribution in [0, 0.1) is 28.8 Å². The van der Waals surface area contributed by atoms with E-state index in [0.29, 0.717) is 12.1 Å². The average Bonchev–Trinajstić information content (AvgIpc) is 3.16. The lowest BCUT2D eigenvalue weighted by molar-refractivity contribution is 0.592. The summed E-state index contributed by atoms with van der Waals surface area (Å²) in [7, 11) is -4.57. The molecule has 2 N–H and O–H groups in total. The van der Waals surface area contributed by atoms with Crippen molar-refractivity contribution in [2.75, 3.05) is 4.72 Å². The number of hydrogen-bond acceptors (Lipinski definition) is 3. The van der Waals surface area contributed by atoms with Crippen LogP contribution in [0.25, 0.3) is 0 Å². The van der Waals surface area contributed by atoms with Gasteiger partial charge in [-0.25, -0.2) is 21.6 Å². The normalized spacial score (nSPS) is 12.8. The molecule has 1 heterocycles. The number of rotatable bonds is 5. The molecule has 3 rings (SSSR count). The number of hydrogen-bond donors (Lipinski definition) is 2. The lowest BCUT2D eigenvalue weighted by atomic mass is 10.1. The van der Waals surface area contributed by atoms with Gasteiger partial charge in [0, 0.05) is 27.6 Å². The van der Waals surface area contributed by atoms with Gasteiger partial charge in [0.15, 0.2) is 0 Å². The van der Waals surface area contributed by atoms with Gasteiger partial charge in [0.25, 0.3) is 10.0 Å². The smallest absolute Gasteiger partial charge is 0.263 e. The largest absolute Gasteiger partial charge is 0.366 e. The van der Waals surface area contributed by atoms with Crippen LogP contribution in [0.5, 0.6) is 0 Å². The van der Waals surface area contributed by atoms with Gasteiger partial charge in [-0.15, -0.1) is 0 Å². The summed E-state index contributed by atoms with van der Waals surface area (Å²) in [5.41, 5.74) is -1.84. The van der Waals surface area contributed by atoms with E-state index >= 15 is 0 Å². The molecule has 138 valence electrons. The van der Waals surface area contributed by atoms with Gasteiger partial charge in [0.1, 0.15) is 28.4 Å². The molecule has 0 bridgehead atoms. The number of aromatic amines is 1. The Kier molecular flexibility index (Phi) is 4.24. The predicted octanol–water partition coefficient (Wildman–Crippen LogP) is 3.70. The number of halogens is 3. The molecule has 0 aliphatic rings. The quantitative estimate of drug-likeness (QED) is 0.693. The third-order valence-corrected chi connectivity index (χ3v) is 4.93. The van der Waals surface area contributed by atoms with Crippen molar-refractivity contribution < 1.29 is 24.3 Å². The highest BCUT2D eigenvalue weighted by atomic mass is 32.2. The minimum absolute atomic E-state index is 0.135. The van der Waals surface area contributed by atoms with Crippen molar-refractivity contribution in [3.63, 3.8) is 0 Å². The number of H-pyrrole nitrogens is 1. The summed E-state index contributed by atoms with van der Waals surface area (Å²) in [6.45, 7) is 0. The van der Waals surface area contributed by atoms with E-state index in [1.807, 2.05) is 4.72 Å². The Hall–Kier alpha value is -3.25. The zero-order valence-corrected chi connectivity index (χ0v) is 14.2. The van der Waals surface area contributed by atoms with Crippen molar-refractivity contribution >= 4 is 15.7 Å². The van der Waals surface area contributed by atoms with Crippen LogP contribution in [0.1, 0.15) is 19.4 Å². The molecule has 0 aliphatic carbocycles. The highest BCUT2D eigenvalue weighted by molar-refractivity contribution is 7.92. The summed E-state index contributed by atoms with van der Waals surface area (Å²) in [6, 6.07) is 7.07. The lowest BCUT2D eigenvalue weighted by Gasteiger charge is -2.10. The van der Waals surface area contributed by atoms with Crippen LogP contribution in [0.2, 0.25) is 0 Å². The molecular formula is C18H12F3N3O2S. The molecule has 27 heavy (non-hydrogen) atoms. The molecule has 0 spiro atoms. The van der Waals surface area contributed by atoms with Crippen LogP contribution in [-0.2, 0) is 16.4 Å². The number of aromatic nitrogens is 1. The molecule has 1 aromatic heterocycles. The van der Waals surface area contributed by atoms with Crippen molar-refractivity contribution in [2.24, 2.45) is 0 Å². The van der Waals surface area contributed by atoms with Crippen LogP contribution >= 0.6 is 0 Å². The van der Waals surface area contributed by atoms with Crippen molar-refractivity contribution in [3.05, 3.63) is 82.9 Å². The SMILES string of the molecule is [2H]C([2H])(c1cccc(F)c1)c1c[nH]cc1S(=O)(=O)Nc1cc(F)c(C#N)cc1F. The third kappa shape index (κ3) is 3.96. The minimum atomic E-state index is -4.57. The molecule has 0 saturated carbocycles. The maximum atomic E-state index is 14.1. The van der Waals surface area contributed by atoms with Gasteiger partial charge in [-0.05, 0) is 29.3 Å². The molecule has 0 saturated heterocycles. The summed E-state index contributed by atoms with van der Waals surface area (Å²) in [4.78, 5) is 1.89. The number of sulfonamides is 1. The average molecular weight is 393 g/mol. The Labute approximate surface area is 155 Å². The molecule has 0 radical (unpaired) electrons. The summed E-state index contributed by atoms with van der Waals surface area (Å²) in [5.74, 6) is -3.02. The molecule has 0 aliphatic heterocycles. The molecule has 0 amide bonds. The maximum absolute atomic E-state index is 14.1. The summed E-state index contributed by atoms with van der Waals surface area (Å²) < 4.78 is 85.1. The summed E-state index contributed by atoms with van der Waals surface area (Å²) in [5, 5.41) is 8.70. The van der Waals surface area contributed by atoms with Gasteiger partial charge in [-0.3, -0.25) is 4.72 Å². The van der Waals surface area contributed by atoms with E-state index in [1.165, 1.54) is 18.2 Å². The Bertz CT molecular complexity index is 1240. The van der Waals surface area contributed by atoms with Crippen LogP contribution in [0.4, 0.5) is 18.9 Å². The third-order valence-electron chi connectivity index (χ3n) is 3.52. The molecule has 0 fully saturated rings. The molecule has 3 aromatic rings. The van der Waals surface area contributed by atoms with Crippen LogP contribution in [-0.4, -0.2) is 13.4 Å². The van der Waals surface area contributed by atoms with Crippen LogP contribution in [0.3, 0.4) is 0 Å². The standard InChI is InChI=1S/C18H12F3N3O2S/c19-14-3-1-2-11(5-14)4-13-9-23-10-18(13)27(25,26)24-17-7-15(20)12(8-22)6-16(17)21/h1-3,5-7,9-10,23-24H,4H2/i4D2. The van der Waals surface area contributed by atoms with Gasteiger partial charge in [-0.1, -0.05) is 12.1 Å². The van der Waals surface area contributed by atoms with E-state index in [9.17, 15) is 21.6 Å². The van der Waals surface area contributed by atoms with Gasteiger partial charge >= 0.3 is 0 Å². The number of benzene rings is 2. The van der Waals surface area contributed by atoms with E-state index < -0.39 is 50.0 Å². The van der Waals surface area contributed by atoms with Gasteiger partial charge in [-0.2, -0.15) is 5.26 Å². The number of nitrogens with one attached hydrogen (secondary N) is 2. The van der Waals surface area contributed by atoms with Crippen LogP contribution in [0.15, 0.2) is 53.7 Å². The highest BCUT2D eigenvalue weighted by Gasteiger charge is 2.22. The second kappa shape index (κ2) is 7.17. The molecule has 0 unspecified atom stereocenters. The lowest BCUT2D eigenvalue weighted by Crippen LogP contribution is -2.15. The fourth-order valence-corrected chi connectivity index (χ4v) is 3.48. The predicted molar refractivity (Wildman–Crippen MR) is 91.9 cm³/mol. The second-order valence-corrected chi connectivity index (χ2v) is 7.05. The molecule has 2 aromatic carbocycles. The number of nitrogens with zero attached hydrogens (tertiary/aromatic N) is 1. The van der Waals surface area contributed by atoms with E-state index in [4.69, 9.17) is 8.00 Å². The van der Waals surface area contributed by atoms with Crippen molar-refractivity contribution in [2.45, 2.75) is 11.3 Å². The Morgan fingerprint density at radius 2 is 1.93 bits per heavy atom. The molecule has 5 nitrogen and oxygen atoms in total. The molecule has 0 atom stereocenters. The van der Waals surface area contributed by atoms with Crippen molar-refractivity contribution in [1.82, 2.24) is 4.98 Å². The first-order chi connectivity index (χ1) is 13.6. The monoisotopic (exact) mass is 393 g/mol. The first kappa shape index (κ1) is 16.0. The van der Waals surface area contributed by atoms with Crippen molar-refractivity contribution in [1.29, 1.82) is 5.26 Å². The van der Waals surface area contributed by atoms with E-state index in [2.05, 4.69) is 4.98 Å². The fourth-order valence-electron chi connectivity index (χ4n) is 2.30. The highest BCUT2D eigenvalue weighted by Crippen LogP contribution is 2.25. The fraction of sp³-hybridized carbons (Fsp3) is 0.0556. The first-order valence-electron chi connectivity index (χ1n) is 8.41. The summed E-state index contributed by atoms with van der Waals surface area (Å²) in [6.07, 6.45) is -0.372. The topological polar surface area (TPSA) is 85.8 Å². The second-order valence-electron chi connectivity index (χ2n) is 5.40. The molecular weight excluding hydrogens is 379 g/mol. The van der Waals surface area contributed by atoms with E-state index in [0.717, 1.165) is 24.5 Å². The number of nitriles is 1. The van der Waals surface area contributed by atoms with Crippen LogP contribution < -0.4 is 4.72 Å². The first-order valence-corrected chi connectivity index (χ1v) is 8.90. The molecule has 9 heteroatoms. The van der Waals surface area contributed by atoms with E-state index in [1.54, 1.807) is 0 Å². The zero-order chi connectivity index (χ0) is 21.4. The van der Waals surface area contributed by atoms with E-state index in [-0.39, 0.29) is 11.1 Å². The Morgan fingerprint density at radius 1 is 1.15 bits per heavy atom. The van der Waals surface area contributed by atoms with Gasteiger partial charge in [0.05, 0.1) is 11.3 Å². The minimum Gasteiger partial charge on any atom is -0.366 e. The Morgan fingerprint density at radius 3 is 2.63 bits per heavy atom. The maximum Gasteiger partial charge on any atom is 0.263 e. The number of anilines is 1. The van der Waals surface area contributed by atoms with Gasteiger partial charge in [0.2, 0.25) is 0 Å².